The summed E-state index contributed by atoms with van der Waals surface area (Å²) in [6.07, 6.45) is 1.28. The summed E-state index contributed by atoms with van der Waals surface area (Å²) >= 11 is 12.3. The smallest absolute Gasteiger partial charge is 0.266 e. The molecule has 1 heterocycles. The number of anilines is 1. The van der Waals surface area contributed by atoms with Gasteiger partial charge in [-0.2, -0.15) is 5.26 Å². The lowest BCUT2D eigenvalue weighted by atomic mass is 10.2. The molecular formula is C20H11Cl2FN2O2. The molecule has 3 rings (SSSR count). The second kappa shape index (κ2) is 8.09. The number of hydrogen-bond donors (Lipinski definition) is 1. The number of amides is 1. The number of benzene rings is 2. The van der Waals surface area contributed by atoms with Gasteiger partial charge in [0, 0.05) is 11.8 Å². The highest BCUT2D eigenvalue weighted by atomic mass is 35.5. The van der Waals surface area contributed by atoms with E-state index >= 15 is 0 Å². The van der Waals surface area contributed by atoms with Crippen LogP contribution in [-0.4, -0.2) is 5.91 Å². The molecule has 0 spiro atoms. The average Bonchev–Trinajstić information content (AvgIpc) is 3.07. The molecule has 7 heteroatoms. The first kappa shape index (κ1) is 18.7. The molecule has 2 aromatic carbocycles. The molecule has 1 amide bonds. The van der Waals surface area contributed by atoms with Gasteiger partial charge in [-0.15, -0.1) is 0 Å². The van der Waals surface area contributed by atoms with Gasteiger partial charge in [-0.25, -0.2) is 4.39 Å². The van der Waals surface area contributed by atoms with Crippen molar-refractivity contribution in [3.63, 3.8) is 0 Å². The van der Waals surface area contributed by atoms with E-state index in [1.165, 1.54) is 24.3 Å². The largest absolute Gasteiger partial charge is 0.457 e. The zero-order valence-corrected chi connectivity index (χ0v) is 15.2. The van der Waals surface area contributed by atoms with E-state index in [4.69, 9.17) is 27.6 Å². The number of halogens is 3. The molecule has 0 aliphatic carbocycles. The van der Waals surface area contributed by atoms with Crippen molar-refractivity contribution in [3.8, 4) is 17.4 Å². The Balaban J connectivity index is 1.86. The first-order valence-electron chi connectivity index (χ1n) is 7.71. The van der Waals surface area contributed by atoms with E-state index in [9.17, 15) is 14.4 Å². The molecule has 134 valence electrons. The molecule has 3 aromatic rings. The van der Waals surface area contributed by atoms with Crippen LogP contribution in [0.5, 0.6) is 0 Å². The number of carbonyl (C=O) groups is 1. The Morgan fingerprint density at radius 2 is 1.81 bits per heavy atom. The highest BCUT2D eigenvalue weighted by Crippen LogP contribution is 2.35. The first-order valence-corrected chi connectivity index (χ1v) is 8.46. The maximum Gasteiger partial charge on any atom is 0.266 e. The molecule has 0 aliphatic heterocycles. The summed E-state index contributed by atoms with van der Waals surface area (Å²) < 4.78 is 18.9. The Kier molecular flexibility index (Phi) is 5.60. The minimum atomic E-state index is -0.683. The number of carbonyl (C=O) groups excluding carboxylic acids is 1. The Labute approximate surface area is 164 Å². The third kappa shape index (κ3) is 4.37. The van der Waals surface area contributed by atoms with Gasteiger partial charge in [0.25, 0.3) is 5.91 Å². The van der Waals surface area contributed by atoms with Crippen molar-refractivity contribution >= 4 is 40.9 Å². The minimum absolute atomic E-state index is 0.203. The number of hydrogen-bond acceptors (Lipinski definition) is 3. The fourth-order valence-electron chi connectivity index (χ4n) is 2.35. The molecule has 0 unspecified atom stereocenters. The predicted octanol–water partition coefficient (Wildman–Crippen LogP) is 5.94. The van der Waals surface area contributed by atoms with Crippen LogP contribution < -0.4 is 5.32 Å². The maximum atomic E-state index is 13.2. The number of furan rings is 1. The summed E-state index contributed by atoms with van der Waals surface area (Å²) in [6.45, 7) is 0. The summed E-state index contributed by atoms with van der Waals surface area (Å²) in [6, 6.07) is 15.4. The minimum Gasteiger partial charge on any atom is -0.457 e. The predicted molar refractivity (Wildman–Crippen MR) is 103 cm³/mol. The van der Waals surface area contributed by atoms with Gasteiger partial charge >= 0.3 is 0 Å². The Bertz CT molecular complexity index is 1060. The zero-order valence-electron chi connectivity index (χ0n) is 13.7. The molecule has 0 fully saturated rings. The van der Waals surface area contributed by atoms with Gasteiger partial charge in [-0.3, -0.25) is 4.79 Å². The molecule has 0 saturated carbocycles. The van der Waals surface area contributed by atoms with Gasteiger partial charge in [-0.05, 0) is 42.5 Å². The molecule has 1 aromatic heterocycles. The molecule has 1 N–H and O–H groups in total. The molecule has 0 saturated heterocycles. The molecule has 27 heavy (non-hydrogen) atoms. The topological polar surface area (TPSA) is 66.0 Å². The molecule has 0 bridgehead atoms. The van der Waals surface area contributed by atoms with Crippen molar-refractivity contribution in [1.82, 2.24) is 0 Å². The Morgan fingerprint density at radius 1 is 1.11 bits per heavy atom. The van der Waals surface area contributed by atoms with E-state index in [-0.39, 0.29) is 17.0 Å². The molecule has 0 radical (unpaired) electrons. The van der Waals surface area contributed by atoms with Crippen molar-refractivity contribution in [1.29, 1.82) is 5.26 Å². The van der Waals surface area contributed by atoms with E-state index in [2.05, 4.69) is 5.32 Å². The first-order chi connectivity index (χ1) is 13.0. The van der Waals surface area contributed by atoms with Crippen molar-refractivity contribution in [2.45, 2.75) is 0 Å². The van der Waals surface area contributed by atoms with Crippen LogP contribution in [0.1, 0.15) is 5.76 Å². The average molecular weight is 401 g/mol. The number of nitrogens with one attached hydrogen (secondary N) is 1. The number of nitriles is 1. The van der Waals surface area contributed by atoms with Crippen molar-refractivity contribution in [2.24, 2.45) is 0 Å². The number of rotatable bonds is 4. The van der Waals surface area contributed by atoms with Crippen LogP contribution in [0.15, 0.2) is 64.6 Å². The van der Waals surface area contributed by atoms with E-state index in [1.807, 2.05) is 0 Å². The van der Waals surface area contributed by atoms with Crippen molar-refractivity contribution in [3.05, 3.63) is 81.8 Å². The van der Waals surface area contributed by atoms with Gasteiger partial charge in [0.1, 0.15) is 29.0 Å². The Morgan fingerprint density at radius 3 is 2.48 bits per heavy atom. The molecule has 0 atom stereocenters. The molecular weight excluding hydrogens is 390 g/mol. The quantitative estimate of drug-likeness (QED) is 0.435. The van der Waals surface area contributed by atoms with Crippen LogP contribution in [0.4, 0.5) is 10.1 Å². The lowest BCUT2D eigenvalue weighted by Gasteiger charge is -2.04. The third-order valence-corrected chi connectivity index (χ3v) is 4.20. The van der Waals surface area contributed by atoms with Gasteiger partial charge in [0.2, 0.25) is 0 Å². The van der Waals surface area contributed by atoms with Gasteiger partial charge in [0.15, 0.2) is 0 Å². The van der Waals surface area contributed by atoms with Crippen LogP contribution in [0.3, 0.4) is 0 Å². The highest BCUT2D eigenvalue weighted by molar-refractivity contribution is 6.39. The summed E-state index contributed by atoms with van der Waals surface area (Å²) in [5.41, 5.74) is 0.553. The fourth-order valence-corrected chi connectivity index (χ4v) is 2.94. The van der Waals surface area contributed by atoms with Crippen molar-refractivity contribution in [2.75, 3.05) is 5.32 Å². The zero-order chi connectivity index (χ0) is 19.4. The van der Waals surface area contributed by atoms with E-state index in [0.29, 0.717) is 21.4 Å². The summed E-state index contributed by atoms with van der Waals surface area (Å²) in [7, 11) is 0. The SMILES string of the molecule is N#C/C(=C\c1ccc(-c2c(Cl)cccc2Cl)o1)C(=O)Nc1cccc(F)c1. The van der Waals surface area contributed by atoms with Crippen LogP contribution in [0, 0.1) is 17.1 Å². The molecule has 4 nitrogen and oxygen atoms in total. The fraction of sp³-hybridized carbons (Fsp3) is 0. The summed E-state index contributed by atoms with van der Waals surface area (Å²) in [4.78, 5) is 12.2. The van der Waals surface area contributed by atoms with E-state index < -0.39 is 11.7 Å². The van der Waals surface area contributed by atoms with Gasteiger partial charge in [0.05, 0.1) is 15.6 Å². The normalized spacial score (nSPS) is 11.1. The van der Waals surface area contributed by atoms with Crippen molar-refractivity contribution < 1.29 is 13.6 Å². The summed E-state index contributed by atoms with van der Waals surface area (Å²) in [5.74, 6) is -0.508. The van der Waals surface area contributed by atoms with Gasteiger partial charge < -0.3 is 9.73 Å². The van der Waals surface area contributed by atoms with E-state index in [1.54, 1.807) is 36.4 Å². The van der Waals surface area contributed by atoms with Crippen LogP contribution in [-0.2, 0) is 4.79 Å². The maximum absolute atomic E-state index is 13.2. The van der Waals surface area contributed by atoms with Crippen LogP contribution in [0.2, 0.25) is 10.0 Å². The van der Waals surface area contributed by atoms with Gasteiger partial charge in [-0.1, -0.05) is 35.3 Å². The second-order valence-electron chi connectivity index (χ2n) is 5.43. The third-order valence-electron chi connectivity index (χ3n) is 3.57. The summed E-state index contributed by atoms with van der Waals surface area (Å²) in [5, 5.41) is 12.5. The molecule has 0 aliphatic rings. The standard InChI is InChI=1S/C20H11Cl2FN2O2/c21-16-5-2-6-17(22)19(16)18-8-7-15(27-18)9-12(11-24)20(26)25-14-4-1-3-13(23)10-14/h1-10H,(H,25,26)/b12-9+. The van der Waals surface area contributed by atoms with E-state index in [0.717, 1.165) is 6.07 Å². The lowest BCUT2D eigenvalue weighted by Crippen LogP contribution is -2.13. The Hall–Kier alpha value is -3.07. The highest BCUT2D eigenvalue weighted by Gasteiger charge is 2.14. The number of nitrogens with zero attached hydrogens (tertiary/aromatic N) is 1. The lowest BCUT2D eigenvalue weighted by molar-refractivity contribution is -0.112. The monoisotopic (exact) mass is 400 g/mol. The van der Waals surface area contributed by atoms with Crippen LogP contribution >= 0.6 is 23.2 Å². The second-order valence-corrected chi connectivity index (χ2v) is 6.25. The van der Waals surface area contributed by atoms with Crippen LogP contribution in [0.25, 0.3) is 17.4 Å².